The number of sulfonamides is 1. The lowest BCUT2D eigenvalue weighted by Crippen LogP contribution is -2.16. The predicted molar refractivity (Wildman–Crippen MR) is 121 cm³/mol. The molecule has 0 saturated heterocycles. The topological polar surface area (TPSA) is 116 Å². The highest BCUT2D eigenvalue weighted by Crippen LogP contribution is 2.28. The quantitative estimate of drug-likeness (QED) is 0.276. The van der Waals surface area contributed by atoms with Crippen molar-refractivity contribution in [3.8, 4) is 6.07 Å². The third kappa shape index (κ3) is 3.94. The van der Waals surface area contributed by atoms with Crippen LogP contribution in [0.4, 0.5) is 14.5 Å². The van der Waals surface area contributed by atoms with Crippen molar-refractivity contribution in [3.63, 3.8) is 0 Å². The number of hydrogen-bond donors (Lipinski definition) is 2. The fraction of sp³-hybridized carbons (Fsp3) is 0. The highest BCUT2D eigenvalue weighted by molar-refractivity contribution is 14.1. The number of benzene rings is 2. The molecule has 0 fully saturated rings. The fourth-order valence-corrected chi connectivity index (χ4v) is 4.56. The Hall–Kier alpha value is -3.37. The number of fused-ring (bicyclic) bond motifs is 1. The molecule has 0 atom stereocenters. The maximum atomic E-state index is 15.2. The Bertz CT molecular complexity index is 1530. The van der Waals surface area contributed by atoms with E-state index in [1.807, 2.05) is 33.4 Å². The van der Waals surface area contributed by atoms with E-state index in [9.17, 15) is 17.6 Å². The van der Waals surface area contributed by atoms with Gasteiger partial charge in [-0.15, -0.1) is 0 Å². The van der Waals surface area contributed by atoms with Gasteiger partial charge in [-0.25, -0.2) is 22.2 Å². The smallest absolute Gasteiger partial charge is 0.261 e. The molecule has 0 saturated carbocycles. The number of nitrogens with zero attached hydrogens (tertiary/aromatic N) is 2. The number of nitrogens with one attached hydrogen (secondary N) is 2. The van der Waals surface area contributed by atoms with Crippen LogP contribution in [0.5, 0.6) is 0 Å². The number of carbonyl (C=O) groups is 1. The monoisotopic (exact) mass is 564 g/mol. The van der Waals surface area contributed by atoms with E-state index in [-0.39, 0.29) is 16.0 Å². The van der Waals surface area contributed by atoms with Crippen LogP contribution in [0, 0.1) is 26.5 Å². The molecule has 2 N–H and O–H groups in total. The number of nitriles is 1. The second-order valence-corrected chi connectivity index (χ2v) is 9.53. The Labute approximate surface area is 194 Å². The standard InChI is InChI=1S/C21H11F2IN4O3S/c22-16-5-6-17(28-32(30,31)13-3-1-11(8-25)2-4-13)19(23)18(16)20(29)15-10-27-21-14(15)7-12(24)9-26-21/h1-7,9-10,28H,(H,26,27). The van der Waals surface area contributed by atoms with Crippen LogP contribution in [-0.2, 0) is 10.0 Å². The molecule has 4 aromatic rings. The van der Waals surface area contributed by atoms with Crippen molar-refractivity contribution in [2.24, 2.45) is 0 Å². The minimum Gasteiger partial charge on any atom is -0.345 e. The van der Waals surface area contributed by atoms with E-state index in [4.69, 9.17) is 5.26 Å². The molecule has 0 bridgehead atoms. The molecule has 7 nitrogen and oxygen atoms in total. The Kier molecular flexibility index (Phi) is 5.66. The summed E-state index contributed by atoms with van der Waals surface area (Å²) in [6.07, 6.45) is 2.86. The lowest BCUT2D eigenvalue weighted by atomic mass is 10.0. The molecule has 160 valence electrons. The number of ketones is 1. The molecule has 0 aliphatic carbocycles. The first kappa shape index (κ1) is 21.8. The van der Waals surface area contributed by atoms with Crippen molar-refractivity contribution in [3.05, 3.63) is 86.8 Å². The minimum absolute atomic E-state index is 0.00378. The highest BCUT2D eigenvalue weighted by atomic mass is 127. The number of rotatable bonds is 5. The normalized spacial score (nSPS) is 11.3. The van der Waals surface area contributed by atoms with Gasteiger partial charge in [0.2, 0.25) is 5.78 Å². The summed E-state index contributed by atoms with van der Waals surface area (Å²) in [5.74, 6) is -3.45. The number of pyridine rings is 1. The van der Waals surface area contributed by atoms with Crippen LogP contribution in [-0.4, -0.2) is 24.2 Å². The second kappa shape index (κ2) is 8.29. The van der Waals surface area contributed by atoms with Crippen molar-refractivity contribution in [2.45, 2.75) is 4.90 Å². The molecule has 0 radical (unpaired) electrons. The van der Waals surface area contributed by atoms with E-state index >= 15 is 4.39 Å². The van der Waals surface area contributed by atoms with E-state index in [2.05, 4.69) is 9.97 Å². The van der Waals surface area contributed by atoms with Crippen LogP contribution in [0.2, 0.25) is 0 Å². The van der Waals surface area contributed by atoms with E-state index in [0.717, 1.165) is 12.1 Å². The summed E-state index contributed by atoms with van der Waals surface area (Å²) in [7, 11) is -4.26. The second-order valence-electron chi connectivity index (χ2n) is 6.61. The zero-order valence-electron chi connectivity index (χ0n) is 15.9. The molecule has 2 heterocycles. The zero-order chi connectivity index (χ0) is 23.0. The summed E-state index contributed by atoms with van der Waals surface area (Å²) in [6.45, 7) is 0. The molecule has 2 aromatic heterocycles. The molecule has 2 aromatic carbocycles. The van der Waals surface area contributed by atoms with Gasteiger partial charge in [-0.3, -0.25) is 9.52 Å². The van der Waals surface area contributed by atoms with Gasteiger partial charge >= 0.3 is 0 Å². The summed E-state index contributed by atoms with van der Waals surface area (Å²) in [4.78, 5) is 19.7. The Morgan fingerprint density at radius 2 is 1.88 bits per heavy atom. The van der Waals surface area contributed by atoms with Crippen LogP contribution in [0.1, 0.15) is 21.5 Å². The number of hydrogen-bond acceptors (Lipinski definition) is 5. The molecule has 0 spiro atoms. The van der Waals surface area contributed by atoms with Crippen molar-refractivity contribution in [2.75, 3.05) is 4.72 Å². The molecule has 32 heavy (non-hydrogen) atoms. The van der Waals surface area contributed by atoms with Crippen molar-refractivity contribution < 1.29 is 22.0 Å². The molecular weight excluding hydrogens is 553 g/mol. The first-order valence-corrected chi connectivity index (χ1v) is 11.5. The third-order valence-electron chi connectivity index (χ3n) is 4.60. The predicted octanol–water partition coefficient (Wildman–Crippen LogP) is 4.35. The van der Waals surface area contributed by atoms with Gasteiger partial charge in [-0.1, -0.05) is 0 Å². The number of halogens is 3. The van der Waals surface area contributed by atoms with Crippen LogP contribution < -0.4 is 4.72 Å². The maximum Gasteiger partial charge on any atom is 0.261 e. The van der Waals surface area contributed by atoms with Crippen LogP contribution >= 0.6 is 22.6 Å². The Morgan fingerprint density at radius 3 is 2.56 bits per heavy atom. The summed E-state index contributed by atoms with van der Waals surface area (Å²) in [5.41, 5.74) is -0.882. The molecule has 0 amide bonds. The number of H-pyrrole nitrogens is 1. The first-order chi connectivity index (χ1) is 15.2. The largest absolute Gasteiger partial charge is 0.345 e. The summed E-state index contributed by atoms with van der Waals surface area (Å²) in [6, 6.07) is 10.1. The van der Waals surface area contributed by atoms with Gasteiger partial charge in [-0.05, 0) is 65.1 Å². The number of anilines is 1. The van der Waals surface area contributed by atoms with E-state index < -0.39 is 38.7 Å². The van der Waals surface area contributed by atoms with Gasteiger partial charge in [0.25, 0.3) is 10.0 Å². The van der Waals surface area contributed by atoms with Crippen molar-refractivity contribution in [1.82, 2.24) is 9.97 Å². The Balaban J connectivity index is 1.75. The molecular formula is C21H11F2IN4O3S. The maximum absolute atomic E-state index is 15.2. The van der Waals surface area contributed by atoms with Crippen LogP contribution in [0.15, 0.2) is 59.8 Å². The van der Waals surface area contributed by atoms with Crippen LogP contribution in [0.3, 0.4) is 0 Å². The van der Waals surface area contributed by atoms with E-state index in [0.29, 0.717) is 14.6 Å². The van der Waals surface area contributed by atoms with E-state index in [1.165, 1.54) is 30.5 Å². The summed E-state index contributed by atoms with van der Waals surface area (Å²) in [5, 5.41) is 9.21. The molecule has 4 rings (SSSR count). The van der Waals surface area contributed by atoms with E-state index in [1.54, 1.807) is 12.3 Å². The van der Waals surface area contributed by atoms with Gasteiger partial charge in [0.1, 0.15) is 11.5 Å². The van der Waals surface area contributed by atoms with Crippen LogP contribution in [0.25, 0.3) is 11.0 Å². The number of carbonyl (C=O) groups excluding carboxylic acids is 1. The van der Waals surface area contributed by atoms with Gasteiger partial charge in [0.05, 0.1) is 27.8 Å². The van der Waals surface area contributed by atoms with Crippen molar-refractivity contribution >= 4 is 55.1 Å². The van der Waals surface area contributed by atoms with Crippen molar-refractivity contribution in [1.29, 1.82) is 5.26 Å². The summed E-state index contributed by atoms with van der Waals surface area (Å²) < 4.78 is 57.6. The van der Waals surface area contributed by atoms with Gasteiger partial charge in [-0.2, -0.15) is 5.26 Å². The van der Waals surface area contributed by atoms with Gasteiger partial charge in [0, 0.05) is 26.9 Å². The summed E-state index contributed by atoms with van der Waals surface area (Å²) >= 11 is 1.99. The average Bonchev–Trinajstić information content (AvgIpc) is 3.18. The molecule has 0 aliphatic heterocycles. The Morgan fingerprint density at radius 1 is 1.16 bits per heavy atom. The van der Waals surface area contributed by atoms with Gasteiger partial charge in [0.15, 0.2) is 5.82 Å². The first-order valence-electron chi connectivity index (χ1n) is 8.89. The number of aromatic nitrogens is 2. The minimum atomic E-state index is -4.26. The molecule has 11 heteroatoms. The van der Waals surface area contributed by atoms with Gasteiger partial charge < -0.3 is 4.98 Å². The lowest BCUT2D eigenvalue weighted by molar-refractivity contribution is 0.103. The number of aromatic amines is 1. The fourth-order valence-electron chi connectivity index (χ4n) is 3.05. The lowest BCUT2D eigenvalue weighted by Gasteiger charge is -2.12. The average molecular weight is 564 g/mol. The SMILES string of the molecule is N#Cc1ccc(S(=O)(=O)Nc2ccc(F)c(C(=O)c3c[nH]c4ncc(I)cc34)c2F)cc1. The molecule has 0 aliphatic rings. The molecule has 0 unspecified atom stereocenters. The third-order valence-corrected chi connectivity index (χ3v) is 6.57. The highest BCUT2D eigenvalue weighted by Gasteiger charge is 2.26. The zero-order valence-corrected chi connectivity index (χ0v) is 18.8.